The number of hydrogen-bond donors (Lipinski definition) is 3. The summed E-state index contributed by atoms with van der Waals surface area (Å²) in [6.07, 6.45) is 1.43. The van der Waals surface area contributed by atoms with Gasteiger partial charge in [0.2, 0.25) is 6.41 Å². The summed E-state index contributed by atoms with van der Waals surface area (Å²) >= 11 is 0. The SMILES string of the molecule is Nc1ncnc2c1ncn2Cc1c(N2CCC(N)C2)ccc(F)c1C(F)(F)F.O=CNC1CC1. The van der Waals surface area contributed by atoms with Crippen LogP contribution in [0.25, 0.3) is 11.2 Å². The molecule has 3 aromatic rings. The van der Waals surface area contributed by atoms with Crippen molar-refractivity contribution in [3.05, 3.63) is 41.7 Å². The standard InChI is InChI=1S/C17H17F4N7.C4H7NO/c18-11-1-2-12(27-4-3-9(22)5-27)10(13(11)17(19,20)21)6-28-8-26-14-15(23)24-7-25-16(14)28;6-3-5-4-1-2-4/h1-2,7-9H,3-6,22H2,(H2,23,24,25);3-4H,1-2H2,(H,5,6). The molecule has 1 amide bonds. The van der Waals surface area contributed by atoms with Crippen LogP contribution in [0.3, 0.4) is 0 Å². The molecule has 1 aromatic carbocycles. The minimum atomic E-state index is -4.86. The van der Waals surface area contributed by atoms with Crippen molar-refractivity contribution in [1.82, 2.24) is 24.8 Å². The molecule has 1 aliphatic heterocycles. The molecule has 1 saturated heterocycles. The fourth-order valence-electron chi connectivity index (χ4n) is 3.91. The molecule has 182 valence electrons. The molecule has 0 radical (unpaired) electrons. The maximum atomic E-state index is 14.3. The molecule has 34 heavy (non-hydrogen) atoms. The van der Waals surface area contributed by atoms with Crippen LogP contribution < -0.4 is 21.7 Å². The van der Waals surface area contributed by atoms with Gasteiger partial charge < -0.3 is 26.3 Å². The Hall–Kier alpha value is -3.48. The number of hydrogen-bond acceptors (Lipinski definition) is 7. The maximum Gasteiger partial charge on any atom is 0.419 e. The Balaban J connectivity index is 0.000000398. The van der Waals surface area contributed by atoms with E-state index in [1.807, 2.05) is 0 Å². The van der Waals surface area contributed by atoms with Gasteiger partial charge >= 0.3 is 6.18 Å². The summed E-state index contributed by atoms with van der Waals surface area (Å²) in [5, 5.41) is 2.64. The van der Waals surface area contributed by atoms with Crippen molar-refractivity contribution in [2.45, 2.75) is 44.1 Å². The van der Waals surface area contributed by atoms with E-state index in [-0.39, 0.29) is 35.1 Å². The van der Waals surface area contributed by atoms with Crippen LogP contribution >= 0.6 is 0 Å². The number of nitrogens with zero attached hydrogens (tertiary/aromatic N) is 5. The zero-order chi connectivity index (χ0) is 24.5. The lowest BCUT2D eigenvalue weighted by molar-refractivity contribution is -0.140. The molecular formula is C21H24F4N8O. The third-order valence-electron chi connectivity index (χ3n) is 5.73. The number of alkyl halides is 3. The molecule has 1 unspecified atom stereocenters. The number of imidazole rings is 1. The largest absolute Gasteiger partial charge is 0.419 e. The van der Waals surface area contributed by atoms with Gasteiger partial charge in [0.25, 0.3) is 0 Å². The topological polar surface area (TPSA) is 128 Å². The fraction of sp³-hybridized carbons (Fsp3) is 0.429. The summed E-state index contributed by atoms with van der Waals surface area (Å²) < 4.78 is 56.8. The zero-order valence-electron chi connectivity index (χ0n) is 18.1. The van der Waals surface area contributed by atoms with Crippen LogP contribution in [-0.4, -0.2) is 51.1 Å². The molecule has 2 aromatic heterocycles. The number of benzene rings is 1. The lowest BCUT2D eigenvalue weighted by Crippen LogP contribution is -2.28. The van der Waals surface area contributed by atoms with Gasteiger partial charge in [-0.05, 0) is 31.4 Å². The number of fused-ring (bicyclic) bond motifs is 1. The monoisotopic (exact) mass is 480 g/mol. The number of nitrogen functional groups attached to an aromatic ring is 1. The number of nitrogens with one attached hydrogen (secondary N) is 1. The quantitative estimate of drug-likeness (QED) is 0.377. The van der Waals surface area contributed by atoms with Crippen LogP contribution in [-0.2, 0) is 17.5 Å². The number of nitrogens with two attached hydrogens (primary N) is 2. The third kappa shape index (κ3) is 5.03. The first kappa shape index (κ1) is 23.7. The number of carbonyl (C=O) groups is 1. The van der Waals surface area contributed by atoms with Gasteiger partial charge in [0.05, 0.1) is 18.4 Å². The Morgan fingerprint density at radius 2 is 1.94 bits per heavy atom. The molecule has 9 nitrogen and oxygen atoms in total. The highest BCUT2D eigenvalue weighted by Gasteiger charge is 2.39. The van der Waals surface area contributed by atoms with E-state index in [0.29, 0.717) is 31.2 Å². The Bertz CT molecular complexity index is 1180. The molecule has 0 bridgehead atoms. The lowest BCUT2D eigenvalue weighted by Gasteiger charge is -2.25. The number of carbonyl (C=O) groups excluding carboxylic acids is 1. The Morgan fingerprint density at radius 3 is 2.53 bits per heavy atom. The van der Waals surface area contributed by atoms with E-state index in [1.54, 1.807) is 4.90 Å². The van der Waals surface area contributed by atoms with E-state index < -0.39 is 17.6 Å². The first-order valence-corrected chi connectivity index (χ1v) is 10.7. The number of amides is 1. The molecule has 1 aliphatic carbocycles. The summed E-state index contributed by atoms with van der Waals surface area (Å²) in [5.41, 5.74) is 11.0. The number of aromatic nitrogens is 4. The van der Waals surface area contributed by atoms with Crippen LogP contribution in [0, 0.1) is 5.82 Å². The smallest absolute Gasteiger partial charge is 0.382 e. The van der Waals surface area contributed by atoms with Gasteiger partial charge in [0.15, 0.2) is 11.5 Å². The Labute approximate surface area is 192 Å². The molecule has 5 rings (SSSR count). The number of rotatable bonds is 5. The van der Waals surface area contributed by atoms with E-state index in [1.165, 1.54) is 36.1 Å². The highest BCUT2D eigenvalue weighted by Crippen LogP contribution is 2.39. The average Bonchev–Trinajstić information content (AvgIpc) is 3.33. The minimum absolute atomic E-state index is 0.116. The molecule has 3 heterocycles. The van der Waals surface area contributed by atoms with E-state index in [4.69, 9.17) is 11.5 Å². The van der Waals surface area contributed by atoms with Crippen molar-refractivity contribution in [3.8, 4) is 0 Å². The highest BCUT2D eigenvalue weighted by atomic mass is 19.4. The number of halogens is 4. The van der Waals surface area contributed by atoms with Gasteiger partial charge in [-0.15, -0.1) is 0 Å². The summed E-state index contributed by atoms with van der Waals surface area (Å²) in [7, 11) is 0. The second-order valence-corrected chi connectivity index (χ2v) is 8.27. The first-order valence-electron chi connectivity index (χ1n) is 10.7. The van der Waals surface area contributed by atoms with Gasteiger partial charge in [-0.1, -0.05) is 0 Å². The Kier molecular flexibility index (Phi) is 6.55. The second-order valence-electron chi connectivity index (χ2n) is 8.27. The van der Waals surface area contributed by atoms with Gasteiger partial charge in [0, 0.05) is 36.4 Å². The molecule has 0 spiro atoms. The van der Waals surface area contributed by atoms with Crippen molar-refractivity contribution in [3.63, 3.8) is 0 Å². The molecule has 5 N–H and O–H groups in total. The Morgan fingerprint density at radius 1 is 1.18 bits per heavy atom. The molecule has 2 fully saturated rings. The van der Waals surface area contributed by atoms with Crippen LogP contribution in [0.5, 0.6) is 0 Å². The summed E-state index contributed by atoms with van der Waals surface area (Å²) in [6, 6.07) is 2.59. The predicted octanol–water partition coefficient (Wildman–Crippen LogP) is 2.05. The summed E-state index contributed by atoms with van der Waals surface area (Å²) in [4.78, 5) is 23.2. The van der Waals surface area contributed by atoms with Crippen LogP contribution in [0.4, 0.5) is 29.1 Å². The maximum absolute atomic E-state index is 14.3. The third-order valence-corrected chi connectivity index (χ3v) is 5.73. The van der Waals surface area contributed by atoms with Crippen molar-refractivity contribution < 1.29 is 22.4 Å². The zero-order valence-corrected chi connectivity index (χ0v) is 18.1. The van der Waals surface area contributed by atoms with E-state index in [0.717, 1.165) is 12.5 Å². The fourth-order valence-corrected chi connectivity index (χ4v) is 3.91. The van der Waals surface area contributed by atoms with Crippen molar-refractivity contribution >= 4 is 29.1 Å². The highest BCUT2D eigenvalue weighted by molar-refractivity contribution is 5.81. The van der Waals surface area contributed by atoms with Crippen molar-refractivity contribution in [2.24, 2.45) is 5.73 Å². The molecule has 1 saturated carbocycles. The van der Waals surface area contributed by atoms with E-state index in [2.05, 4.69) is 20.3 Å². The predicted molar refractivity (Wildman–Crippen MR) is 117 cm³/mol. The van der Waals surface area contributed by atoms with Gasteiger partial charge in [0.1, 0.15) is 17.7 Å². The van der Waals surface area contributed by atoms with Gasteiger partial charge in [-0.25, -0.2) is 19.3 Å². The minimum Gasteiger partial charge on any atom is -0.382 e. The normalized spacial score (nSPS) is 18.0. The lowest BCUT2D eigenvalue weighted by atomic mass is 10.0. The summed E-state index contributed by atoms with van der Waals surface area (Å²) in [6.45, 7) is 0.618. The van der Waals surface area contributed by atoms with E-state index >= 15 is 0 Å². The van der Waals surface area contributed by atoms with Gasteiger partial charge in [-0.3, -0.25) is 4.79 Å². The van der Waals surface area contributed by atoms with Crippen molar-refractivity contribution in [2.75, 3.05) is 23.7 Å². The van der Waals surface area contributed by atoms with Crippen LogP contribution in [0.2, 0.25) is 0 Å². The summed E-state index contributed by atoms with van der Waals surface area (Å²) in [5.74, 6) is -1.21. The molecular weight excluding hydrogens is 456 g/mol. The molecule has 1 atom stereocenters. The molecule has 13 heteroatoms. The second kappa shape index (κ2) is 9.41. The van der Waals surface area contributed by atoms with Crippen molar-refractivity contribution in [1.29, 1.82) is 0 Å². The number of anilines is 2. The van der Waals surface area contributed by atoms with Gasteiger partial charge in [-0.2, -0.15) is 13.2 Å². The molecule has 2 aliphatic rings. The van der Waals surface area contributed by atoms with Crippen LogP contribution in [0.15, 0.2) is 24.8 Å². The average molecular weight is 480 g/mol. The first-order chi connectivity index (χ1) is 16.2. The van der Waals surface area contributed by atoms with E-state index in [9.17, 15) is 22.4 Å². The van der Waals surface area contributed by atoms with Crippen LogP contribution in [0.1, 0.15) is 30.4 Å².